The predicted octanol–water partition coefficient (Wildman–Crippen LogP) is 3.48. The van der Waals surface area contributed by atoms with E-state index >= 15 is 0 Å². The maximum Gasteiger partial charge on any atom is 0.123 e. The molecule has 1 N–H and O–H groups in total. The SMILES string of the molecule is CNCc1ccc(N(Cc2ccco2)C2CC2)cc1C. The molecule has 1 aliphatic rings. The summed E-state index contributed by atoms with van der Waals surface area (Å²) >= 11 is 0. The summed E-state index contributed by atoms with van der Waals surface area (Å²) in [5.74, 6) is 1.04. The fourth-order valence-electron chi connectivity index (χ4n) is 2.64. The first kappa shape index (κ1) is 13.3. The molecule has 0 amide bonds. The molecule has 3 rings (SSSR count). The molecular formula is C17H22N2O. The Morgan fingerprint density at radius 1 is 1.30 bits per heavy atom. The van der Waals surface area contributed by atoms with Crippen molar-refractivity contribution in [3.8, 4) is 0 Å². The van der Waals surface area contributed by atoms with E-state index in [9.17, 15) is 0 Å². The Hall–Kier alpha value is -1.74. The van der Waals surface area contributed by atoms with E-state index in [4.69, 9.17) is 4.42 Å². The van der Waals surface area contributed by atoms with Crippen molar-refractivity contribution in [2.75, 3.05) is 11.9 Å². The third kappa shape index (κ3) is 2.88. The molecule has 0 atom stereocenters. The van der Waals surface area contributed by atoms with Crippen LogP contribution in [0, 0.1) is 6.92 Å². The summed E-state index contributed by atoms with van der Waals surface area (Å²) in [6.07, 6.45) is 4.33. The minimum absolute atomic E-state index is 0.676. The van der Waals surface area contributed by atoms with Gasteiger partial charge in [0, 0.05) is 18.3 Å². The molecular weight excluding hydrogens is 248 g/mol. The molecule has 0 unspecified atom stereocenters. The third-order valence-electron chi connectivity index (χ3n) is 3.92. The average Bonchev–Trinajstić information content (AvgIpc) is 3.15. The van der Waals surface area contributed by atoms with Crippen LogP contribution in [0.15, 0.2) is 41.0 Å². The smallest absolute Gasteiger partial charge is 0.123 e. The number of hydrogen-bond acceptors (Lipinski definition) is 3. The van der Waals surface area contributed by atoms with E-state index in [0.717, 1.165) is 18.8 Å². The van der Waals surface area contributed by atoms with Crippen molar-refractivity contribution in [3.05, 3.63) is 53.5 Å². The zero-order valence-corrected chi connectivity index (χ0v) is 12.2. The Labute approximate surface area is 120 Å². The van der Waals surface area contributed by atoms with Crippen LogP contribution in [0.5, 0.6) is 0 Å². The van der Waals surface area contributed by atoms with Gasteiger partial charge in [0.1, 0.15) is 5.76 Å². The molecule has 1 aliphatic carbocycles. The lowest BCUT2D eigenvalue weighted by Crippen LogP contribution is -2.25. The number of rotatable bonds is 6. The molecule has 1 aromatic carbocycles. The van der Waals surface area contributed by atoms with Gasteiger partial charge < -0.3 is 14.6 Å². The largest absolute Gasteiger partial charge is 0.467 e. The van der Waals surface area contributed by atoms with Crippen LogP contribution in [0.3, 0.4) is 0 Å². The highest BCUT2D eigenvalue weighted by Crippen LogP contribution is 2.34. The molecule has 0 saturated heterocycles. The molecule has 1 aromatic heterocycles. The van der Waals surface area contributed by atoms with Gasteiger partial charge in [-0.15, -0.1) is 0 Å². The van der Waals surface area contributed by atoms with Gasteiger partial charge in [-0.25, -0.2) is 0 Å². The Bertz CT molecular complexity index is 558. The maximum atomic E-state index is 5.50. The topological polar surface area (TPSA) is 28.4 Å². The summed E-state index contributed by atoms with van der Waals surface area (Å²) in [6, 6.07) is 11.5. The van der Waals surface area contributed by atoms with Crippen molar-refractivity contribution < 1.29 is 4.42 Å². The normalized spacial score (nSPS) is 14.5. The van der Waals surface area contributed by atoms with E-state index < -0.39 is 0 Å². The van der Waals surface area contributed by atoms with Gasteiger partial charge in [0.2, 0.25) is 0 Å². The molecule has 1 saturated carbocycles. The second-order valence-corrected chi connectivity index (χ2v) is 5.58. The first-order valence-electron chi connectivity index (χ1n) is 7.31. The molecule has 3 nitrogen and oxygen atoms in total. The molecule has 0 radical (unpaired) electrons. The van der Waals surface area contributed by atoms with Crippen LogP contribution < -0.4 is 10.2 Å². The summed E-state index contributed by atoms with van der Waals surface area (Å²) < 4.78 is 5.50. The molecule has 106 valence electrons. The number of benzene rings is 1. The molecule has 1 heterocycles. The van der Waals surface area contributed by atoms with E-state index in [1.165, 1.54) is 29.7 Å². The van der Waals surface area contributed by atoms with Crippen LogP contribution >= 0.6 is 0 Å². The minimum Gasteiger partial charge on any atom is -0.467 e. The van der Waals surface area contributed by atoms with Crippen molar-refractivity contribution in [2.45, 2.75) is 38.9 Å². The van der Waals surface area contributed by atoms with Crippen molar-refractivity contribution in [3.63, 3.8) is 0 Å². The van der Waals surface area contributed by atoms with Gasteiger partial charge in [-0.3, -0.25) is 0 Å². The minimum atomic E-state index is 0.676. The molecule has 1 fully saturated rings. The Kier molecular flexibility index (Phi) is 3.79. The zero-order valence-electron chi connectivity index (χ0n) is 12.2. The fourth-order valence-corrected chi connectivity index (χ4v) is 2.64. The Balaban J connectivity index is 1.82. The van der Waals surface area contributed by atoms with E-state index in [1.807, 2.05) is 13.1 Å². The van der Waals surface area contributed by atoms with Crippen molar-refractivity contribution in [1.82, 2.24) is 5.32 Å². The maximum absolute atomic E-state index is 5.50. The number of nitrogens with one attached hydrogen (secondary N) is 1. The van der Waals surface area contributed by atoms with Gasteiger partial charge >= 0.3 is 0 Å². The monoisotopic (exact) mass is 270 g/mol. The van der Waals surface area contributed by atoms with Crippen molar-refractivity contribution in [2.24, 2.45) is 0 Å². The predicted molar refractivity (Wildman–Crippen MR) is 81.9 cm³/mol. The van der Waals surface area contributed by atoms with E-state index in [-0.39, 0.29) is 0 Å². The molecule has 3 heteroatoms. The Morgan fingerprint density at radius 3 is 2.75 bits per heavy atom. The highest BCUT2D eigenvalue weighted by molar-refractivity contribution is 5.52. The number of furan rings is 1. The molecule has 0 spiro atoms. The molecule has 2 aromatic rings. The van der Waals surface area contributed by atoms with Crippen molar-refractivity contribution in [1.29, 1.82) is 0 Å². The fraction of sp³-hybridized carbons (Fsp3) is 0.412. The molecule has 0 aliphatic heterocycles. The van der Waals surface area contributed by atoms with Crippen LogP contribution in [0.1, 0.15) is 29.7 Å². The second-order valence-electron chi connectivity index (χ2n) is 5.58. The van der Waals surface area contributed by atoms with E-state index in [2.05, 4.69) is 41.4 Å². The zero-order chi connectivity index (χ0) is 13.9. The van der Waals surface area contributed by atoms with Crippen LogP contribution in [0.2, 0.25) is 0 Å². The summed E-state index contributed by atoms with van der Waals surface area (Å²) in [6.45, 7) is 3.98. The highest BCUT2D eigenvalue weighted by atomic mass is 16.3. The van der Waals surface area contributed by atoms with Crippen LogP contribution in [-0.2, 0) is 13.1 Å². The number of anilines is 1. The summed E-state index contributed by atoms with van der Waals surface area (Å²) in [5, 5.41) is 3.22. The third-order valence-corrected chi connectivity index (χ3v) is 3.92. The standard InChI is InChI=1S/C17H22N2O/c1-13-10-16(6-5-14(13)11-18-2)19(15-7-8-15)12-17-4-3-9-20-17/h3-6,9-10,15,18H,7-8,11-12H2,1-2H3. The highest BCUT2D eigenvalue weighted by Gasteiger charge is 2.30. The average molecular weight is 270 g/mol. The van der Waals surface area contributed by atoms with Crippen LogP contribution in [0.4, 0.5) is 5.69 Å². The van der Waals surface area contributed by atoms with Crippen LogP contribution in [0.25, 0.3) is 0 Å². The number of hydrogen-bond donors (Lipinski definition) is 1. The lowest BCUT2D eigenvalue weighted by atomic mass is 10.1. The quantitative estimate of drug-likeness (QED) is 0.871. The lowest BCUT2D eigenvalue weighted by Gasteiger charge is -2.24. The lowest BCUT2D eigenvalue weighted by molar-refractivity contribution is 0.501. The first-order chi connectivity index (χ1) is 9.78. The van der Waals surface area contributed by atoms with Gasteiger partial charge in [-0.05, 0) is 62.2 Å². The van der Waals surface area contributed by atoms with Crippen LogP contribution in [-0.4, -0.2) is 13.1 Å². The van der Waals surface area contributed by atoms with Gasteiger partial charge in [-0.2, -0.15) is 0 Å². The van der Waals surface area contributed by atoms with Gasteiger partial charge in [-0.1, -0.05) is 6.07 Å². The molecule has 0 bridgehead atoms. The van der Waals surface area contributed by atoms with Gasteiger partial charge in [0.25, 0.3) is 0 Å². The Morgan fingerprint density at radius 2 is 2.15 bits per heavy atom. The molecule has 20 heavy (non-hydrogen) atoms. The first-order valence-corrected chi connectivity index (χ1v) is 7.31. The second kappa shape index (κ2) is 5.71. The van der Waals surface area contributed by atoms with E-state index in [0.29, 0.717) is 6.04 Å². The number of aryl methyl sites for hydroxylation is 1. The number of nitrogens with zero attached hydrogens (tertiary/aromatic N) is 1. The van der Waals surface area contributed by atoms with E-state index in [1.54, 1.807) is 6.26 Å². The van der Waals surface area contributed by atoms with Gasteiger partial charge in [0.15, 0.2) is 0 Å². The summed E-state index contributed by atoms with van der Waals surface area (Å²) in [5.41, 5.74) is 4.02. The summed E-state index contributed by atoms with van der Waals surface area (Å²) in [4.78, 5) is 2.47. The van der Waals surface area contributed by atoms with Crippen molar-refractivity contribution >= 4 is 5.69 Å². The summed E-state index contributed by atoms with van der Waals surface area (Å²) in [7, 11) is 1.99. The van der Waals surface area contributed by atoms with Gasteiger partial charge in [0.05, 0.1) is 12.8 Å².